The first kappa shape index (κ1) is 23.4. The number of guanidine groups is 1. The van der Waals surface area contributed by atoms with E-state index < -0.39 is 0 Å². The van der Waals surface area contributed by atoms with Gasteiger partial charge in [0.05, 0.1) is 6.10 Å². The smallest absolute Gasteiger partial charge is 0.232 e. The molecule has 0 bridgehead atoms. The first-order chi connectivity index (χ1) is 12.9. The van der Waals surface area contributed by atoms with Gasteiger partial charge >= 0.3 is 0 Å². The predicted octanol–water partition coefficient (Wildman–Crippen LogP) is 3.78. The van der Waals surface area contributed by atoms with Crippen LogP contribution in [0.15, 0.2) is 9.52 Å². The van der Waals surface area contributed by atoms with Gasteiger partial charge in [0.15, 0.2) is 11.8 Å². The molecule has 1 spiro atoms. The van der Waals surface area contributed by atoms with Crippen molar-refractivity contribution in [3.8, 4) is 0 Å². The molecule has 0 saturated heterocycles. The number of halogens is 1. The van der Waals surface area contributed by atoms with Crippen molar-refractivity contribution >= 4 is 29.9 Å². The molecule has 0 aliphatic heterocycles. The summed E-state index contributed by atoms with van der Waals surface area (Å²) in [5.41, 5.74) is 0.129. The number of hydrogen-bond donors (Lipinski definition) is 2. The van der Waals surface area contributed by atoms with Crippen molar-refractivity contribution in [2.24, 2.45) is 10.4 Å². The molecule has 8 heteroatoms. The van der Waals surface area contributed by atoms with Crippen molar-refractivity contribution in [3.05, 3.63) is 11.7 Å². The Labute approximate surface area is 185 Å². The minimum absolute atomic E-state index is 0. The highest BCUT2D eigenvalue weighted by Crippen LogP contribution is 2.54. The molecule has 0 radical (unpaired) electrons. The Morgan fingerprint density at radius 1 is 1.29 bits per heavy atom. The number of rotatable bonds is 6. The molecule has 2 aliphatic rings. The van der Waals surface area contributed by atoms with Crippen molar-refractivity contribution < 1.29 is 9.26 Å². The van der Waals surface area contributed by atoms with Gasteiger partial charge in [-0.15, -0.1) is 24.0 Å². The molecule has 160 valence electrons. The van der Waals surface area contributed by atoms with Crippen LogP contribution in [0, 0.1) is 5.41 Å². The minimum Gasteiger partial charge on any atom is -0.378 e. The molecule has 2 aliphatic carbocycles. The standard InChI is InChI=1S/C20H35N5O2.HI/c1-6-21-18(22-13-16-24-17(27-25-16)19(3,4)5)23-14-12-15(26-7-2)20(14)10-8-9-11-20;/h14-15H,6-13H2,1-5H3,(H2,21,22,23);1H. The Kier molecular flexibility index (Phi) is 8.13. The molecule has 1 aromatic heterocycles. The highest BCUT2D eigenvalue weighted by atomic mass is 127. The SMILES string of the molecule is CCNC(=NCc1noc(C(C)(C)C)n1)NC1CC(OCC)C12CCCC2.I. The van der Waals surface area contributed by atoms with Gasteiger partial charge in [-0.25, -0.2) is 4.99 Å². The van der Waals surface area contributed by atoms with Crippen LogP contribution < -0.4 is 10.6 Å². The topological polar surface area (TPSA) is 84.6 Å². The van der Waals surface area contributed by atoms with Crippen LogP contribution in [0.3, 0.4) is 0 Å². The molecule has 2 unspecified atom stereocenters. The number of aliphatic imine (C=N–C) groups is 1. The van der Waals surface area contributed by atoms with Gasteiger partial charge in [0.1, 0.15) is 6.54 Å². The second kappa shape index (κ2) is 9.73. The Hall–Kier alpha value is -0.900. The van der Waals surface area contributed by atoms with E-state index in [4.69, 9.17) is 14.3 Å². The zero-order valence-corrected chi connectivity index (χ0v) is 20.2. The summed E-state index contributed by atoms with van der Waals surface area (Å²) in [6.45, 7) is 12.4. The highest BCUT2D eigenvalue weighted by molar-refractivity contribution is 14.0. The van der Waals surface area contributed by atoms with Crippen molar-refractivity contribution in [1.29, 1.82) is 0 Å². The molecular formula is C20H36IN5O2. The van der Waals surface area contributed by atoms with E-state index in [2.05, 4.69) is 55.4 Å². The molecular weight excluding hydrogens is 469 g/mol. The van der Waals surface area contributed by atoms with E-state index in [0.29, 0.717) is 30.4 Å². The van der Waals surface area contributed by atoms with Crippen molar-refractivity contribution in [2.45, 2.75) is 90.8 Å². The molecule has 28 heavy (non-hydrogen) atoms. The third-order valence-corrected chi connectivity index (χ3v) is 5.83. The molecule has 1 aromatic rings. The summed E-state index contributed by atoms with van der Waals surface area (Å²) in [6, 6.07) is 0.421. The van der Waals surface area contributed by atoms with Crippen LogP contribution in [-0.4, -0.2) is 41.4 Å². The van der Waals surface area contributed by atoms with Crippen LogP contribution in [0.2, 0.25) is 0 Å². The summed E-state index contributed by atoms with van der Waals surface area (Å²) in [5.74, 6) is 2.09. The average molecular weight is 505 g/mol. The molecule has 3 rings (SSSR count). The first-order valence-corrected chi connectivity index (χ1v) is 10.4. The second-order valence-electron chi connectivity index (χ2n) is 8.78. The molecule has 2 N–H and O–H groups in total. The maximum Gasteiger partial charge on any atom is 0.232 e. The lowest BCUT2D eigenvalue weighted by Gasteiger charge is -2.54. The lowest BCUT2D eigenvalue weighted by Crippen LogP contribution is -2.65. The van der Waals surface area contributed by atoms with E-state index in [1.54, 1.807) is 0 Å². The van der Waals surface area contributed by atoms with Crippen LogP contribution in [0.25, 0.3) is 0 Å². The number of hydrogen-bond acceptors (Lipinski definition) is 5. The molecule has 7 nitrogen and oxygen atoms in total. The van der Waals surface area contributed by atoms with Gasteiger partial charge < -0.3 is 19.9 Å². The summed E-state index contributed by atoms with van der Waals surface area (Å²) >= 11 is 0. The van der Waals surface area contributed by atoms with Crippen molar-refractivity contribution in [1.82, 2.24) is 20.8 Å². The van der Waals surface area contributed by atoms with Gasteiger partial charge in [0, 0.05) is 30.0 Å². The molecule has 0 amide bonds. The molecule has 2 fully saturated rings. The van der Waals surface area contributed by atoms with E-state index in [-0.39, 0.29) is 34.8 Å². The van der Waals surface area contributed by atoms with Gasteiger partial charge in [0.25, 0.3) is 0 Å². The summed E-state index contributed by atoms with van der Waals surface area (Å²) < 4.78 is 11.4. The van der Waals surface area contributed by atoms with Crippen LogP contribution in [0.4, 0.5) is 0 Å². The van der Waals surface area contributed by atoms with Gasteiger partial charge in [-0.2, -0.15) is 4.98 Å². The predicted molar refractivity (Wildman–Crippen MR) is 121 cm³/mol. The average Bonchev–Trinajstić information content (AvgIpc) is 3.29. The number of nitrogens with one attached hydrogen (secondary N) is 2. The molecule has 1 heterocycles. The van der Waals surface area contributed by atoms with Crippen LogP contribution in [0.5, 0.6) is 0 Å². The molecule has 2 atom stereocenters. The van der Waals surface area contributed by atoms with E-state index >= 15 is 0 Å². The van der Waals surface area contributed by atoms with Crippen LogP contribution in [-0.2, 0) is 16.7 Å². The van der Waals surface area contributed by atoms with Gasteiger partial charge in [-0.1, -0.05) is 38.8 Å². The summed E-state index contributed by atoms with van der Waals surface area (Å²) in [4.78, 5) is 9.17. The summed E-state index contributed by atoms with van der Waals surface area (Å²) in [5, 5.41) is 11.1. The van der Waals surface area contributed by atoms with E-state index in [9.17, 15) is 0 Å². The van der Waals surface area contributed by atoms with Crippen LogP contribution in [0.1, 0.15) is 78.4 Å². The maximum atomic E-state index is 6.02. The Morgan fingerprint density at radius 2 is 2.00 bits per heavy atom. The number of aromatic nitrogens is 2. The fourth-order valence-corrected chi connectivity index (χ4v) is 4.35. The summed E-state index contributed by atoms with van der Waals surface area (Å²) in [7, 11) is 0. The Morgan fingerprint density at radius 3 is 2.57 bits per heavy atom. The third kappa shape index (κ3) is 4.98. The monoisotopic (exact) mass is 505 g/mol. The lowest BCUT2D eigenvalue weighted by molar-refractivity contribution is -0.125. The zero-order valence-electron chi connectivity index (χ0n) is 17.9. The second-order valence-corrected chi connectivity index (χ2v) is 8.78. The van der Waals surface area contributed by atoms with Gasteiger partial charge in [-0.05, 0) is 33.1 Å². The largest absolute Gasteiger partial charge is 0.378 e. The van der Waals surface area contributed by atoms with Crippen LogP contribution >= 0.6 is 24.0 Å². The fourth-order valence-electron chi connectivity index (χ4n) is 4.35. The lowest BCUT2D eigenvalue weighted by atomic mass is 9.60. The highest BCUT2D eigenvalue weighted by Gasteiger charge is 2.56. The zero-order chi connectivity index (χ0) is 19.5. The number of ether oxygens (including phenoxy) is 1. The minimum atomic E-state index is -0.146. The van der Waals surface area contributed by atoms with Gasteiger partial charge in [-0.3, -0.25) is 0 Å². The van der Waals surface area contributed by atoms with Gasteiger partial charge in [0.2, 0.25) is 5.89 Å². The third-order valence-electron chi connectivity index (χ3n) is 5.83. The fraction of sp³-hybridized carbons (Fsp3) is 0.850. The Bertz CT molecular complexity index is 649. The van der Waals surface area contributed by atoms with E-state index in [1.165, 1.54) is 25.7 Å². The Balaban J connectivity index is 0.00000280. The number of nitrogens with zero attached hydrogens (tertiary/aromatic N) is 3. The first-order valence-electron chi connectivity index (χ1n) is 10.4. The summed E-state index contributed by atoms with van der Waals surface area (Å²) in [6.07, 6.45) is 6.52. The molecule has 0 aromatic carbocycles. The maximum absolute atomic E-state index is 6.02. The normalized spacial score (nSPS) is 24.0. The quantitative estimate of drug-likeness (QED) is 0.348. The molecule has 2 saturated carbocycles. The van der Waals surface area contributed by atoms with E-state index in [1.807, 2.05) is 0 Å². The van der Waals surface area contributed by atoms with E-state index in [0.717, 1.165) is 25.5 Å². The van der Waals surface area contributed by atoms with Crippen molar-refractivity contribution in [3.63, 3.8) is 0 Å². The van der Waals surface area contributed by atoms with Crippen molar-refractivity contribution in [2.75, 3.05) is 13.2 Å².